The number of hydrogen-bond acceptors (Lipinski definition) is 7. The Balaban J connectivity index is 1.60. The molecule has 10 heteroatoms. The monoisotopic (exact) mass is 379 g/mol. The van der Waals surface area contributed by atoms with Gasteiger partial charge in [0.05, 0.1) is 12.6 Å². The van der Waals surface area contributed by atoms with Crippen molar-refractivity contribution < 1.29 is 14.3 Å². The van der Waals surface area contributed by atoms with Crippen molar-refractivity contribution >= 4 is 33.6 Å². The highest BCUT2D eigenvalue weighted by Gasteiger charge is 2.27. The molecule has 1 unspecified atom stereocenters. The number of amides is 2. The molecule has 9 nitrogen and oxygen atoms in total. The summed E-state index contributed by atoms with van der Waals surface area (Å²) in [5.74, 6) is -0.457. The van der Waals surface area contributed by atoms with Crippen molar-refractivity contribution in [2.24, 2.45) is 0 Å². The van der Waals surface area contributed by atoms with Crippen molar-refractivity contribution in [2.75, 3.05) is 19.7 Å². The van der Waals surface area contributed by atoms with E-state index in [-0.39, 0.29) is 24.2 Å². The number of piperidine rings is 1. The quantitative estimate of drug-likeness (QED) is 0.799. The number of carbonyl (C=O) groups is 2. The van der Waals surface area contributed by atoms with Crippen molar-refractivity contribution in [3.63, 3.8) is 0 Å². The van der Waals surface area contributed by atoms with E-state index < -0.39 is 12.0 Å². The van der Waals surface area contributed by atoms with Crippen molar-refractivity contribution in [1.29, 1.82) is 0 Å². The first kappa shape index (κ1) is 18.3. The molecule has 3 rings (SSSR count). The summed E-state index contributed by atoms with van der Waals surface area (Å²) in [4.78, 5) is 38.0. The number of thiophene rings is 1. The van der Waals surface area contributed by atoms with Gasteiger partial charge >= 0.3 is 12.0 Å². The fraction of sp³-hybridized carbons (Fsp3) is 0.562. The molecule has 0 saturated carbocycles. The van der Waals surface area contributed by atoms with Gasteiger partial charge in [-0.2, -0.15) is 0 Å². The summed E-state index contributed by atoms with van der Waals surface area (Å²) in [5, 5.41) is 12.6. The number of esters is 1. The maximum atomic E-state index is 12.5. The summed E-state index contributed by atoms with van der Waals surface area (Å²) < 4.78 is 6.91. The van der Waals surface area contributed by atoms with E-state index in [1.807, 2.05) is 5.38 Å². The third-order valence-corrected chi connectivity index (χ3v) is 5.26. The van der Waals surface area contributed by atoms with Gasteiger partial charge in [0.25, 0.3) is 5.56 Å². The molecule has 1 aliphatic heterocycles. The van der Waals surface area contributed by atoms with Gasteiger partial charge in [0, 0.05) is 13.1 Å². The predicted octanol–water partition coefficient (Wildman–Crippen LogP) is 1.15. The molecule has 1 atom stereocenters. The van der Waals surface area contributed by atoms with E-state index in [0.717, 1.165) is 0 Å². The van der Waals surface area contributed by atoms with Gasteiger partial charge in [-0.25, -0.2) is 14.3 Å². The molecular weight excluding hydrogens is 358 g/mol. The number of hydrogen-bond donors (Lipinski definition) is 1. The molecule has 0 bridgehead atoms. The predicted molar refractivity (Wildman–Crippen MR) is 96.1 cm³/mol. The number of aromatic nitrogens is 3. The van der Waals surface area contributed by atoms with E-state index >= 15 is 0 Å². The van der Waals surface area contributed by atoms with E-state index in [9.17, 15) is 14.4 Å². The number of likely N-dealkylation sites (tertiary alicyclic amines) is 1. The molecule has 26 heavy (non-hydrogen) atoms. The van der Waals surface area contributed by atoms with E-state index in [1.54, 1.807) is 24.8 Å². The van der Waals surface area contributed by atoms with Crippen LogP contribution in [0.2, 0.25) is 0 Å². The van der Waals surface area contributed by atoms with Crippen LogP contribution in [0.4, 0.5) is 4.79 Å². The van der Waals surface area contributed by atoms with Crippen molar-refractivity contribution in [1.82, 2.24) is 25.2 Å². The van der Waals surface area contributed by atoms with Gasteiger partial charge in [0.1, 0.15) is 16.3 Å². The van der Waals surface area contributed by atoms with Crippen LogP contribution in [0.1, 0.15) is 32.7 Å². The van der Waals surface area contributed by atoms with Gasteiger partial charge in [-0.05, 0) is 38.1 Å². The highest BCUT2D eigenvalue weighted by atomic mass is 32.1. The topological polar surface area (TPSA) is 106 Å². The molecule has 0 aliphatic carbocycles. The summed E-state index contributed by atoms with van der Waals surface area (Å²) in [5.41, 5.74) is 0.477. The Hall–Kier alpha value is -2.49. The van der Waals surface area contributed by atoms with Gasteiger partial charge in [-0.1, -0.05) is 5.21 Å². The zero-order valence-electron chi connectivity index (χ0n) is 14.7. The molecule has 2 aromatic rings. The second-order valence-corrected chi connectivity index (χ2v) is 7.03. The van der Waals surface area contributed by atoms with Gasteiger partial charge in [-0.15, -0.1) is 16.4 Å². The van der Waals surface area contributed by atoms with Crippen LogP contribution in [0.5, 0.6) is 0 Å². The van der Waals surface area contributed by atoms with Crippen LogP contribution < -0.4 is 10.9 Å². The maximum Gasteiger partial charge on any atom is 0.328 e. The van der Waals surface area contributed by atoms with E-state index in [4.69, 9.17) is 4.74 Å². The van der Waals surface area contributed by atoms with E-state index in [1.165, 1.54) is 16.0 Å². The lowest BCUT2D eigenvalue weighted by Gasteiger charge is -2.32. The Bertz CT molecular complexity index is 856. The highest BCUT2D eigenvalue weighted by Crippen LogP contribution is 2.21. The summed E-state index contributed by atoms with van der Waals surface area (Å²) >= 11 is 1.36. The molecule has 1 fully saturated rings. The van der Waals surface area contributed by atoms with Crippen molar-refractivity contribution in [3.05, 3.63) is 21.8 Å². The molecule has 1 aliphatic rings. The number of nitrogens with one attached hydrogen (secondary N) is 1. The lowest BCUT2D eigenvalue weighted by molar-refractivity contribution is -0.144. The van der Waals surface area contributed by atoms with E-state index in [2.05, 4.69) is 15.6 Å². The fourth-order valence-corrected chi connectivity index (χ4v) is 3.69. The minimum Gasteiger partial charge on any atom is -0.464 e. The van der Waals surface area contributed by atoms with Gasteiger partial charge in [0.2, 0.25) is 0 Å². The number of urea groups is 1. The Kier molecular flexibility index (Phi) is 5.50. The smallest absolute Gasteiger partial charge is 0.328 e. The summed E-state index contributed by atoms with van der Waals surface area (Å²) in [7, 11) is 0. The molecule has 2 aromatic heterocycles. The zero-order chi connectivity index (χ0) is 18.7. The van der Waals surface area contributed by atoms with Crippen LogP contribution in [0, 0.1) is 0 Å². The highest BCUT2D eigenvalue weighted by molar-refractivity contribution is 7.17. The lowest BCUT2D eigenvalue weighted by atomic mass is 10.1. The Morgan fingerprint density at radius 2 is 2.15 bits per heavy atom. The molecule has 0 spiro atoms. The van der Waals surface area contributed by atoms with Crippen LogP contribution >= 0.6 is 11.3 Å². The van der Waals surface area contributed by atoms with Gasteiger partial charge in [0.15, 0.2) is 0 Å². The van der Waals surface area contributed by atoms with Gasteiger partial charge < -0.3 is 15.0 Å². The number of ether oxygens (including phenoxy) is 1. The molecule has 3 heterocycles. The minimum absolute atomic E-state index is 0.0898. The van der Waals surface area contributed by atoms with Crippen molar-refractivity contribution in [2.45, 2.75) is 38.8 Å². The standard InChI is InChI=1S/C16H21N5O4S/c1-3-25-15(23)10(2)17-16(24)20-7-4-11(5-8-20)21-14(22)13-12(18-19-21)6-9-26-13/h6,9-11H,3-5,7-8H2,1-2H3,(H,17,24). The van der Waals surface area contributed by atoms with Crippen LogP contribution in [0.25, 0.3) is 10.2 Å². The Morgan fingerprint density at radius 1 is 1.42 bits per heavy atom. The summed E-state index contributed by atoms with van der Waals surface area (Å²) in [6, 6.07) is 0.676. The van der Waals surface area contributed by atoms with Crippen LogP contribution in [-0.4, -0.2) is 57.6 Å². The first-order chi connectivity index (χ1) is 12.5. The average molecular weight is 379 g/mol. The molecule has 0 aromatic carbocycles. The molecule has 1 saturated heterocycles. The number of nitrogens with zero attached hydrogens (tertiary/aromatic N) is 4. The Morgan fingerprint density at radius 3 is 2.85 bits per heavy atom. The maximum absolute atomic E-state index is 12.5. The largest absolute Gasteiger partial charge is 0.464 e. The van der Waals surface area contributed by atoms with Crippen LogP contribution in [-0.2, 0) is 9.53 Å². The molecule has 1 N–H and O–H groups in total. The zero-order valence-corrected chi connectivity index (χ0v) is 15.5. The SMILES string of the molecule is CCOC(=O)C(C)NC(=O)N1CCC(n2nnc3ccsc3c2=O)CC1. The Labute approximate surface area is 153 Å². The molecule has 2 amide bonds. The summed E-state index contributed by atoms with van der Waals surface area (Å²) in [6.45, 7) is 4.53. The normalized spacial score (nSPS) is 16.5. The molecular formula is C16H21N5O4S. The second-order valence-electron chi connectivity index (χ2n) is 6.12. The van der Waals surface area contributed by atoms with E-state index in [0.29, 0.717) is 36.1 Å². The molecule has 140 valence electrons. The average Bonchev–Trinajstić information content (AvgIpc) is 3.12. The van der Waals surface area contributed by atoms with Crippen molar-refractivity contribution in [3.8, 4) is 0 Å². The third-order valence-electron chi connectivity index (χ3n) is 4.37. The number of carbonyl (C=O) groups excluding carboxylic acids is 2. The fourth-order valence-electron chi connectivity index (χ4n) is 2.94. The first-order valence-corrected chi connectivity index (χ1v) is 9.44. The molecule has 0 radical (unpaired) electrons. The third kappa shape index (κ3) is 3.69. The summed E-state index contributed by atoms with van der Waals surface area (Å²) in [6.07, 6.45) is 1.21. The minimum atomic E-state index is -0.699. The number of rotatable bonds is 4. The lowest BCUT2D eigenvalue weighted by Crippen LogP contribution is -2.50. The van der Waals surface area contributed by atoms with Crippen LogP contribution in [0.3, 0.4) is 0 Å². The van der Waals surface area contributed by atoms with Crippen LogP contribution in [0.15, 0.2) is 16.2 Å². The second kappa shape index (κ2) is 7.81. The van der Waals surface area contributed by atoms with Gasteiger partial charge in [-0.3, -0.25) is 4.79 Å². The number of fused-ring (bicyclic) bond motifs is 1. The first-order valence-electron chi connectivity index (χ1n) is 8.56.